The van der Waals surface area contributed by atoms with Gasteiger partial charge in [-0.3, -0.25) is 0 Å². The molecule has 0 saturated carbocycles. The van der Waals surface area contributed by atoms with Crippen molar-refractivity contribution in [1.82, 2.24) is 20.2 Å². The molecule has 1 aromatic heterocycles. The van der Waals surface area contributed by atoms with Gasteiger partial charge in [0, 0.05) is 5.92 Å². The summed E-state index contributed by atoms with van der Waals surface area (Å²) in [5.74, 6) is -0.293. The lowest BCUT2D eigenvalue weighted by atomic mass is 10.1. The zero-order valence-electron chi connectivity index (χ0n) is 9.83. The number of benzene rings is 1. The summed E-state index contributed by atoms with van der Waals surface area (Å²) in [5.41, 5.74) is 0.602. The minimum atomic E-state index is -1.08. The summed E-state index contributed by atoms with van der Waals surface area (Å²) in [6, 6.07) is 4.65. The second-order valence-corrected chi connectivity index (χ2v) is 4.48. The Balaban J connectivity index is 2.54. The highest BCUT2D eigenvalue weighted by Gasteiger charge is 2.15. The third-order valence-corrected chi connectivity index (χ3v) is 2.76. The first-order valence-corrected chi connectivity index (χ1v) is 5.70. The van der Waals surface area contributed by atoms with Gasteiger partial charge in [-0.05, 0) is 28.6 Å². The van der Waals surface area contributed by atoms with Crippen LogP contribution in [0.15, 0.2) is 18.2 Å². The van der Waals surface area contributed by atoms with Crippen LogP contribution in [0, 0.1) is 0 Å². The van der Waals surface area contributed by atoms with E-state index in [1.165, 1.54) is 16.8 Å². The van der Waals surface area contributed by atoms with Gasteiger partial charge in [0.05, 0.1) is 16.3 Å². The molecule has 0 saturated heterocycles. The molecule has 0 bridgehead atoms. The van der Waals surface area contributed by atoms with Crippen LogP contribution in [0.4, 0.5) is 0 Å². The topological polar surface area (TPSA) is 80.9 Å². The molecule has 1 aromatic carbocycles. The second-order valence-electron chi connectivity index (χ2n) is 4.07. The van der Waals surface area contributed by atoms with Gasteiger partial charge in [-0.2, -0.15) is 4.68 Å². The van der Waals surface area contributed by atoms with Gasteiger partial charge in [0.2, 0.25) is 0 Å². The van der Waals surface area contributed by atoms with Crippen LogP contribution in [0.2, 0.25) is 5.02 Å². The van der Waals surface area contributed by atoms with E-state index in [0.717, 1.165) is 0 Å². The van der Waals surface area contributed by atoms with Gasteiger partial charge in [-0.25, -0.2) is 4.79 Å². The molecule has 7 heteroatoms. The number of carbonyl (C=O) groups is 1. The normalized spacial score (nSPS) is 10.9. The molecule has 0 atom stereocenters. The van der Waals surface area contributed by atoms with Crippen molar-refractivity contribution in [3.63, 3.8) is 0 Å². The van der Waals surface area contributed by atoms with Crippen molar-refractivity contribution < 1.29 is 9.90 Å². The number of hydrogen-bond acceptors (Lipinski definition) is 4. The number of rotatable bonds is 3. The Labute approximate surface area is 108 Å². The SMILES string of the molecule is CC(C)c1nnnn1-c1ccc(Cl)c(C(=O)O)c1. The monoisotopic (exact) mass is 266 g/mol. The predicted octanol–water partition coefficient (Wildman–Crippen LogP) is 2.14. The Bertz CT molecular complexity index is 594. The molecule has 0 spiro atoms. The van der Waals surface area contributed by atoms with Crippen molar-refractivity contribution in [2.45, 2.75) is 19.8 Å². The first-order valence-electron chi connectivity index (χ1n) is 5.32. The molecule has 2 rings (SSSR count). The van der Waals surface area contributed by atoms with Gasteiger partial charge in [0.15, 0.2) is 5.82 Å². The highest BCUT2D eigenvalue weighted by atomic mass is 35.5. The van der Waals surface area contributed by atoms with Crippen LogP contribution < -0.4 is 0 Å². The van der Waals surface area contributed by atoms with Crippen LogP contribution in [0.1, 0.15) is 35.9 Å². The number of halogens is 1. The Hall–Kier alpha value is -1.95. The molecule has 1 heterocycles. The van der Waals surface area contributed by atoms with Crippen molar-refractivity contribution in [3.05, 3.63) is 34.6 Å². The average molecular weight is 267 g/mol. The zero-order chi connectivity index (χ0) is 13.3. The molecule has 0 fully saturated rings. The number of nitrogens with zero attached hydrogens (tertiary/aromatic N) is 4. The summed E-state index contributed by atoms with van der Waals surface area (Å²) in [6.45, 7) is 3.91. The standard InChI is InChI=1S/C11H11ClN4O2/c1-6(2)10-13-14-15-16(10)7-3-4-9(12)8(5-7)11(17)18/h3-6H,1-2H3,(H,17,18). The molecule has 0 amide bonds. The number of aromatic carboxylic acids is 1. The summed E-state index contributed by atoms with van der Waals surface area (Å²) < 4.78 is 1.51. The summed E-state index contributed by atoms with van der Waals surface area (Å²) in [4.78, 5) is 11.0. The van der Waals surface area contributed by atoms with E-state index in [1.807, 2.05) is 13.8 Å². The molecule has 18 heavy (non-hydrogen) atoms. The quantitative estimate of drug-likeness (QED) is 0.920. The van der Waals surface area contributed by atoms with E-state index < -0.39 is 5.97 Å². The van der Waals surface area contributed by atoms with E-state index in [0.29, 0.717) is 11.5 Å². The van der Waals surface area contributed by atoms with Crippen molar-refractivity contribution in [3.8, 4) is 5.69 Å². The van der Waals surface area contributed by atoms with Crippen molar-refractivity contribution in [2.24, 2.45) is 0 Å². The van der Waals surface area contributed by atoms with Crippen LogP contribution in [0.5, 0.6) is 0 Å². The van der Waals surface area contributed by atoms with Crippen LogP contribution in [-0.4, -0.2) is 31.3 Å². The molecule has 0 aliphatic rings. The minimum absolute atomic E-state index is 0.0272. The first kappa shape index (κ1) is 12.5. The first-order chi connectivity index (χ1) is 8.50. The number of tetrazole rings is 1. The largest absolute Gasteiger partial charge is 0.478 e. The molecule has 1 N–H and O–H groups in total. The minimum Gasteiger partial charge on any atom is -0.478 e. The molecule has 94 valence electrons. The van der Waals surface area contributed by atoms with Crippen molar-refractivity contribution in [1.29, 1.82) is 0 Å². The van der Waals surface area contributed by atoms with Crippen LogP contribution in [-0.2, 0) is 0 Å². The number of carboxylic acid groups (broad SMARTS) is 1. The maximum Gasteiger partial charge on any atom is 0.337 e. The molecule has 6 nitrogen and oxygen atoms in total. The van der Waals surface area contributed by atoms with Crippen LogP contribution >= 0.6 is 11.6 Å². The predicted molar refractivity (Wildman–Crippen MR) is 65.2 cm³/mol. The van der Waals surface area contributed by atoms with E-state index in [9.17, 15) is 4.79 Å². The number of aromatic nitrogens is 4. The third kappa shape index (κ3) is 2.19. The average Bonchev–Trinajstić information content (AvgIpc) is 2.78. The van der Waals surface area contributed by atoms with E-state index in [2.05, 4.69) is 15.5 Å². The van der Waals surface area contributed by atoms with E-state index in [-0.39, 0.29) is 16.5 Å². The van der Waals surface area contributed by atoms with Gasteiger partial charge < -0.3 is 5.11 Å². The second kappa shape index (κ2) is 4.73. The Morgan fingerprint density at radius 2 is 2.17 bits per heavy atom. The highest BCUT2D eigenvalue weighted by Crippen LogP contribution is 2.21. The van der Waals surface area contributed by atoms with Crippen molar-refractivity contribution in [2.75, 3.05) is 0 Å². The van der Waals surface area contributed by atoms with Gasteiger partial charge in [-0.15, -0.1) is 5.10 Å². The highest BCUT2D eigenvalue weighted by molar-refractivity contribution is 6.33. The Kier molecular flexibility index (Phi) is 3.29. The molecular weight excluding hydrogens is 256 g/mol. The molecular formula is C11H11ClN4O2. The molecule has 0 aliphatic carbocycles. The fraction of sp³-hybridized carbons (Fsp3) is 0.273. The van der Waals surface area contributed by atoms with E-state index in [1.54, 1.807) is 6.07 Å². The zero-order valence-corrected chi connectivity index (χ0v) is 10.6. The molecule has 0 aliphatic heterocycles. The lowest BCUT2D eigenvalue weighted by Gasteiger charge is -2.08. The van der Waals surface area contributed by atoms with E-state index >= 15 is 0 Å². The third-order valence-electron chi connectivity index (χ3n) is 2.43. The smallest absolute Gasteiger partial charge is 0.337 e. The number of hydrogen-bond donors (Lipinski definition) is 1. The van der Waals surface area contributed by atoms with Gasteiger partial charge in [0.25, 0.3) is 0 Å². The fourth-order valence-electron chi connectivity index (χ4n) is 1.55. The van der Waals surface area contributed by atoms with Gasteiger partial charge >= 0.3 is 5.97 Å². The van der Waals surface area contributed by atoms with Crippen LogP contribution in [0.3, 0.4) is 0 Å². The molecule has 0 radical (unpaired) electrons. The summed E-state index contributed by atoms with van der Waals surface area (Å²) >= 11 is 5.81. The lowest BCUT2D eigenvalue weighted by Crippen LogP contribution is -2.07. The summed E-state index contributed by atoms with van der Waals surface area (Å²) in [7, 11) is 0. The Morgan fingerprint density at radius 1 is 1.44 bits per heavy atom. The molecule has 0 unspecified atom stereocenters. The van der Waals surface area contributed by atoms with Crippen molar-refractivity contribution >= 4 is 17.6 Å². The molecule has 2 aromatic rings. The maximum absolute atomic E-state index is 11.0. The van der Waals surface area contributed by atoms with E-state index in [4.69, 9.17) is 16.7 Å². The van der Waals surface area contributed by atoms with Crippen LogP contribution in [0.25, 0.3) is 5.69 Å². The summed E-state index contributed by atoms with van der Waals surface area (Å²) in [5, 5.41) is 20.6. The van der Waals surface area contributed by atoms with Gasteiger partial charge in [0.1, 0.15) is 0 Å². The fourth-order valence-corrected chi connectivity index (χ4v) is 1.75. The maximum atomic E-state index is 11.0. The number of carboxylic acids is 1. The summed E-state index contributed by atoms with van der Waals surface area (Å²) in [6.07, 6.45) is 0. The lowest BCUT2D eigenvalue weighted by molar-refractivity contribution is 0.0697. The Morgan fingerprint density at radius 3 is 2.78 bits per heavy atom. The van der Waals surface area contributed by atoms with Gasteiger partial charge in [-0.1, -0.05) is 25.4 Å².